The van der Waals surface area contributed by atoms with E-state index in [0.717, 1.165) is 44.1 Å². The third-order valence-corrected chi connectivity index (χ3v) is 13.6. The number of ether oxygens (including phenoxy) is 5. The Morgan fingerprint density at radius 1 is 1.00 bits per heavy atom. The number of hydrogen-bond acceptors (Lipinski definition) is 9. The number of fused-ring (bicyclic) bond motifs is 1. The van der Waals surface area contributed by atoms with Crippen molar-refractivity contribution in [3.8, 4) is 0 Å². The fourth-order valence-electron chi connectivity index (χ4n) is 11.5. The van der Waals surface area contributed by atoms with Crippen LogP contribution in [0.4, 0.5) is 0 Å². The van der Waals surface area contributed by atoms with Gasteiger partial charge in [0.2, 0.25) is 0 Å². The van der Waals surface area contributed by atoms with Crippen LogP contribution in [0.25, 0.3) is 0 Å². The molecule has 15 atom stereocenters. The summed E-state index contributed by atoms with van der Waals surface area (Å²) >= 11 is 0. The Morgan fingerprint density at radius 3 is 2.46 bits per heavy atom. The molecule has 3 N–H and O–H groups in total. The third kappa shape index (κ3) is 3.85. The molecule has 9 heteroatoms. The van der Waals surface area contributed by atoms with E-state index >= 15 is 0 Å². The van der Waals surface area contributed by atoms with E-state index in [0.29, 0.717) is 18.4 Å². The quantitative estimate of drug-likeness (QED) is 0.248. The van der Waals surface area contributed by atoms with E-state index in [9.17, 15) is 20.1 Å². The number of hydrogen-bond donors (Lipinski definition) is 3. The molecule has 3 bridgehead atoms. The van der Waals surface area contributed by atoms with Crippen molar-refractivity contribution in [3.05, 3.63) is 48.0 Å². The fourth-order valence-corrected chi connectivity index (χ4v) is 11.5. The van der Waals surface area contributed by atoms with Crippen LogP contribution in [0.5, 0.6) is 0 Å². The minimum atomic E-state index is -2.00. The zero-order chi connectivity index (χ0) is 32.4. The predicted molar refractivity (Wildman–Crippen MR) is 166 cm³/mol. The fraction of sp³-hybridized carbons (Fsp3) is 0.757. The zero-order valence-electron chi connectivity index (χ0n) is 27.5. The number of aliphatic hydroxyl groups is 3. The van der Waals surface area contributed by atoms with Gasteiger partial charge in [-0.1, -0.05) is 77.7 Å². The van der Waals surface area contributed by atoms with Crippen molar-refractivity contribution in [2.45, 2.75) is 132 Å². The Labute approximate surface area is 271 Å². The van der Waals surface area contributed by atoms with E-state index in [-0.39, 0.29) is 30.3 Å². The van der Waals surface area contributed by atoms with E-state index in [2.05, 4.69) is 20.4 Å². The molecule has 4 saturated heterocycles. The SMILES string of the molecule is C=C(C)[C@]12C[C@@H](C)[C@@]34O[C@@]5(CCCCCCC[C@@H](C)[C@H]6[C@H](C)[C@H](O)[C@@](O)([C@H](O)[C@@]7(COC(=O)c8ccccc8)O[C@H]7[C@H]3[C@H]1O5)[C@@H]64)O2. The summed E-state index contributed by atoms with van der Waals surface area (Å²) in [5.41, 5.74) is -4.16. The maximum Gasteiger partial charge on any atom is 0.338 e. The minimum absolute atomic E-state index is 0.148. The molecule has 46 heavy (non-hydrogen) atoms. The summed E-state index contributed by atoms with van der Waals surface area (Å²) in [6.07, 6.45) is 3.24. The summed E-state index contributed by atoms with van der Waals surface area (Å²) in [5.74, 6) is -3.52. The molecule has 1 aromatic carbocycles. The van der Waals surface area contributed by atoms with Gasteiger partial charge < -0.3 is 39.0 Å². The Hall–Kier alpha value is -1.85. The first-order chi connectivity index (χ1) is 21.9. The summed E-state index contributed by atoms with van der Waals surface area (Å²) in [4.78, 5) is 13.2. The van der Waals surface area contributed by atoms with Crippen molar-refractivity contribution in [1.29, 1.82) is 0 Å². The summed E-state index contributed by atoms with van der Waals surface area (Å²) in [7, 11) is 0. The third-order valence-electron chi connectivity index (χ3n) is 13.6. The molecule has 1 aromatic rings. The predicted octanol–water partition coefficient (Wildman–Crippen LogP) is 4.52. The van der Waals surface area contributed by atoms with Crippen LogP contribution in [0.3, 0.4) is 0 Å². The maximum absolute atomic E-state index is 13.2. The first-order valence-electron chi connectivity index (χ1n) is 17.6. The molecule has 0 aromatic heterocycles. The van der Waals surface area contributed by atoms with Gasteiger partial charge in [-0.3, -0.25) is 0 Å². The molecule has 252 valence electrons. The van der Waals surface area contributed by atoms with Crippen molar-refractivity contribution in [1.82, 2.24) is 0 Å². The van der Waals surface area contributed by atoms with Crippen LogP contribution in [-0.4, -0.2) is 80.7 Å². The molecule has 7 fully saturated rings. The number of benzene rings is 1. The summed E-state index contributed by atoms with van der Waals surface area (Å²) in [5, 5.41) is 37.8. The van der Waals surface area contributed by atoms with Gasteiger partial charge >= 0.3 is 5.97 Å². The van der Waals surface area contributed by atoms with Gasteiger partial charge in [0.05, 0.1) is 17.3 Å². The Morgan fingerprint density at radius 2 is 1.72 bits per heavy atom. The number of aliphatic hydroxyl groups excluding tert-OH is 2. The van der Waals surface area contributed by atoms with E-state index in [1.54, 1.807) is 24.3 Å². The zero-order valence-corrected chi connectivity index (χ0v) is 27.5. The molecule has 2 spiro atoms. The van der Waals surface area contributed by atoms with Gasteiger partial charge in [0.25, 0.3) is 5.97 Å². The average molecular weight is 639 g/mol. The standard InChI is InChI=1S/C37H50O9/c1-20(2)33-18-22(4)37-26-29(33)44-35(45-33,46-37)17-13-8-6-7-10-14-21(3)25-23(5)28(38)36(41,27(25)37)32(40)34(30(26)43-34)19-42-31(39)24-15-11-9-12-16-24/h9,11-12,15-16,21-23,25-30,32,38,40-41H,1,6-8,10,13-14,17-19H2,2-5H3/t21-,22-,23+,25+,26-,27-,28+,29-,30+,32-,33-,34+,35-,36-,37-/m1/s1. The van der Waals surface area contributed by atoms with Gasteiger partial charge in [-0.05, 0) is 61.1 Å². The summed E-state index contributed by atoms with van der Waals surface area (Å²) < 4.78 is 33.8. The summed E-state index contributed by atoms with van der Waals surface area (Å²) in [6.45, 7) is 12.5. The number of epoxide rings is 1. The second kappa shape index (κ2) is 10.3. The van der Waals surface area contributed by atoms with E-state index in [4.69, 9.17) is 23.7 Å². The van der Waals surface area contributed by atoms with Gasteiger partial charge in [0.1, 0.15) is 36.1 Å². The maximum atomic E-state index is 13.2. The number of carbonyl (C=O) groups excluding carboxylic acids is 1. The van der Waals surface area contributed by atoms with Crippen LogP contribution in [0.2, 0.25) is 0 Å². The van der Waals surface area contributed by atoms with Crippen LogP contribution in [-0.2, 0) is 23.7 Å². The van der Waals surface area contributed by atoms with Gasteiger partial charge in [0.15, 0.2) is 5.60 Å². The molecule has 0 radical (unpaired) electrons. The molecule has 4 aliphatic heterocycles. The first kappa shape index (κ1) is 31.4. The summed E-state index contributed by atoms with van der Waals surface area (Å²) in [6, 6.07) is 8.69. The highest BCUT2D eigenvalue weighted by atomic mass is 16.9. The van der Waals surface area contributed by atoms with E-state index in [1.165, 1.54) is 0 Å². The van der Waals surface area contributed by atoms with Gasteiger partial charge in [-0.15, -0.1) is 0 Å². The molecular weight excluding hydrogens is 588 g/mol. The smallest absolute Gasteiger partial charge is 0.338 e. The number of carbonyl (C=O) groups is 1. The second-order valence-electron chi connectivity index (χ2n) is 15.9. The molecular formula is C37H50O9. The Balaban J connectivity index is 1.31. The van der Waals surface area contributed by atoms with Crippen molar-refractivity contribution in [2.24, 2.45) is 35.5 Å². The highest BCUT2D eigenvalue weighted by Gasteiger charge is 2.90. The topological polar surface area (TPSA) is 127 Å². The van der Waals surface area contributed by atoms with E-state index < -0.39 is 70.6 Å². The lowest BCUT2D eigenvalue weighted by molar-refractivity contribution is -0.437. The molecule has 3 saturated carbocycles. The van der Waals surface area contributed by atoms with Crippen molar-refractivity contribution < 1.29 is 43.8 Å². The largest absolute Gasteiger partial charge is 0.459 e. The molecule has 3 aliphatic carbocycles. The van der Waals surface area contributed by atoms with Crippen molar-refractivity contribution in [3.63, 3.8) is 0 Å². The van der Waals surface area contributed by atoms with Crippen LogP contribution in [0, 0.1) is 35.5 Å². The molecule has 7 aliphatic rings. The van der Waals surface area contributed by atoms with Gasteiger partial charge in [0, 0.05) is 18.3 Å². The molecule has 9 nitrogen and oxygen atoms in total. The normalized spacial score (nSPS) is 53.6. The van der Waals surface area contributed by atoms with Crippen LogP contribution < -0.4 is 0 Å². The number of rotatable bonds is 4. The Bertz CT molecular complexity index is 1400. The Kier molecular flexibility index (Phi) is 7.06. The van der Waals surface area contributed by atoms with Crippen LogP contribution in [0.15, 0.2) is 42.5 Å². The van der Waals surface area contributed by atoms with E-state index in [1.807, 2.05) is 19.9 Å². The lowest BCUT2D eigenvalue weighted by Crippen LogP contribution is -2.73. The molecule has 0 unspecified atom stereocenters. The van der Waals surface area contributed by atoms with Crippen molar-refractivity contribution >= 4 is 5.97 Å². The lowest BCUT2D eigenvalue weighted by Gasteiger charge is -2.61. The number of esters is 1. The monoisotopic (exact) mass is 638 g/mol. The highest BCUT2D eigenvalue weighted by molar-refractivity contribution is 5.89. The minimum Gasteiger partial charge on any atom is -0.459 e. The lowest BCUT2D eigenvalue weighted by atomic mass is 9.52. The van der Waals surface area contributed by atoms with Crippen LogP contribution in [0.1, 0.15) is 89.4 Å². The van der Waals surface area contributed by atoms with Gasteiger partial charge in [-0.25, -0.2) is 4.79 Å². The van der Waals surface area contributed by atoms with Crippen LogP contribution >= 0.6 is 0 Å². The van der Waals surface area contributed by atoms with Gasteiger partial charge in [-0.2, -0.15) is 0 Å². The first-order valence-corrected chi connectivity index (χ1v) is 17.6. The molecule has 8 rings (SSSR count). The van der Waals surface area contributed by atoms with Crippen molar-refractivity contribution in [2.75, 3.05) is 6.61 Å². The molecule has 0 amide bonds. The highest BCUT2D eigenvalue weighted by Crippen LogP contribution is 2.75. The average Bonchev–Trinajstić information content (AvgIpc) is 3.67. The molecule has 4 heterocycles. The second-order valence-corrected chi connectivity index (χ2v) is 15.9.